The number of amides is 1. The van der Waals surface area contributed by atoms with E-state index in [-0.39, 0.29) is 24.8 Å². The molecule has 0 spiro atoms. The van der Waals surface area contributed by atoms with Gasteiger partial charge in [0.05, 0.1) is 19.3 Å². The van der Waals surface area contributed by atoms with Crippen LogP contribution in [0.5, 0.6) is 0 Å². The van der Waals surface area contributed by atoms with Crippen LogP contribution in [0.3, 0.4) is 0 Å². The fourth-order valence-electron chi connectivity index (χ4n) is 3.59. The number of benzene rings is 1. The number of ether oxygens (including phenoxy) is 1. The van der Waals surface area contributed by atoms with Gasteiger partial charge in [0.1, 0.15) is 17.2 Å². The number of carbonyl (C=O) groups excluding carboxylic acids is 2. The molecule has 0 atom stereocenters. The van der Waals surface area contributed by atoms with Crippen molar-refractivity contribution in [2.75, 3.05) is 29.5 Å². The average Bonchev–Trinajstić information content (AvgIpc) is 3.36. The summed E-state index contributed by atoms with van der Waals surface area (Å²) >= 11 is 0. The normalized spacial score (nSPS) is 11.3. The van der Waals surface area contributed by atoms with Gasteiger partial charge >= 0.3 is 5.97 Å². The molecule has 0 N–H and O–H groups in total. The summed E-state index contributed by atoms with van der Waals surface area (Å²) in [4.78, 5) is 34.1. The van der Waals surface area contributed by atoms with Crippen molar-refractivity contribution in [2.24, 2.45) is 0 Å². The van der Waals surface area contributed by atoms with Crippen molar-refractivity contribution >= 4 is 23.4 Å². The van der Waals surface area contributed by atoms with Gasteiger partial charge in [-0.25, -0.2) is 18.9 Å². The summed E-state index contributed by atoms with van der Waals surface area (Å²) in [6, 6.07) is 9.55. The molecule has 9 nitrogen and oxygen atoms in total. The lowest BCUT2D eigenvalue weighted by Gasteiger charge is -2.32. The van der Waals surface area contributed by atoms with Gasteiger partial charge in [0.2, 0.25) is 0 Å². The second-order valence-corrected chi connectivity index (χ2v) is 8.39. The highest BCUT2D eigenvalue weighted by atomic mass is 19.1. The zero-order valence-electron chi connectivity index (χ0n) is 20.7. The highest BCUT2D eigenvalue weighted by molar-refractivity contribution is 5.98. The van der Waals surface area contributed by atoms with Gasteiger partial charge in [0, 0.05) is 25.0 Å². The maximum Gasteiger partial charge on any atom is 0.360 e. The predicted molar refractivity (Wildman–Crippen MR) is 131 cm³/mol. The minimum Gasteiger partial charge on any atom is -0.461 e. The number of nitrogens with zero attached hydrogens (tertiary/aromatic N) is 6. The molecule has 0 radical (unpaired) electrons. The zero-order valence-corrected chi connectivity index (χ0v) is 20.7. The Kier molecular flexibility index (Phi) is 8.16. The van der Waals surface area contributed by atoms with Crippen molar-refractivity contribution in [3.8, 4) is 0 Å². The third-order valence-electron chi connectivity index (χ3n) is 5.69. The Hall–Kier alpha value is -3.82. The first-order chi connectivity index (χ1) is 16.7. The zero-order chi connectivity index (χ0) is 25.6. The maximum absolute atomic E-state index is 13.8. The minimum absolute atomic E-state index is 0.0113. The fourth-order valence-corrected chi connectivity index (χ4v) is 3.59. The van der Waals surface area contributed by atoms with E-state index >= 15 is 0 Å². The van der Waals surface area contributed by atoms with Crippen molar-refractivity contribution in [3.05, 3.63) is 65.9 Å². The smallest absolute Gasteiger partial charge is 0.360 e. The monoisotopic (exact) mass is 482 g/mol. The molecule has 35 heavy (non-hydrogen) atoms. The van der Waals surface area contributed by atoms with Crippen LogP contribution in [-0.4, -0.2) is 51.6 Å². The van der Waals surface area contributed by atoms with Crippen molar-refractivity contribution in [1.82, 2.24) is 20.0 Å². The Labute approximate surface area is 204 Å². The number of halogens is 1. The largest absolute Gasteiger partial charge is 0.461 e. The lowest BCUT2D eigenvalue weighted by Crippen LogP contribution is -2.47. The molecule has 0 saturated carbocycles. The summed E-state index contributed by atoms with van der Waals surface area (Å²) in [6.45, 7) is 11.3. The molecule has 3 rings (SSSR count). The molecule has 1 amide bonds. The Balaban J connectivity index is 1.93. The number of anilines is 2. The maximum atomic E-state index is 13.8. The van der Waals surface area contributed by atoms with Crippen LogP contribution in [0, 0.1) is 5.82 Å². The Bertz CT molecular complexity index is 1140. The number of hydrogen-bond acceptors (Lipinski definition) is 7. The van der Waals surface area contributed by atoms with Gasteiger partial charge in [0.25, 0.3) is 5.91 Å². The predicted octanol–water partition coefficient (Wildman–Crippen LogP) is 3.80. The van der Waals surface area contributed by atoms with E-state index in [4.69, 9.17) is 4.74 Å². The molecule has 0 saturated heterocycles. The van der Waals surface area contributed by atoms with E-state index < -0.39 is 17.3 Å². The van der Waals surface area contributed by atoms with E-state index in [1.165, 1.54) is 23.0 Å². The lowest BCUT2D eigenvalue weighted by atomic mass is 10.0. The summed E-state index contributed by atoms with van der Waals surface area (Å²) in [7, 11) is 0. The van der Waals surface area contributed by atoms with E-state index in [2.05, 4.69) is 34.0 Å². The number of aromatic nitrogens is 4. The summed E-state index contributed by atoms with van der Waals surface area (Å²) < 4.78 is 19.9. The van der Waals surface area contributed by atoms with Crippen molar-refractivity contribution < 1.29 is 18.7 Å². The summed E-state index contributed by atoms with van der Waals surface area (Å²) in [5.41, 5.74) is 0.126. The van der Waals surface area contributed by atoms with Crippen molar-refractivity contribution in [2.45, 2.75) is 46.7 Å². The Morgan fingerprint density at radius 2 is 1.74 bits per heavy atom. The number of carbonyl (C=O) groups is 2. The Morgan fingerprint density at radius 1 is 1.06 bits per heavy atom. The number of hydrogen-bond donors (Lipinski definition) is 0. The highest BCUT2D eigenvalue weighted by Crippen LogP contribution is 2.26. The SMILES string of the molecule is CCOC(=O)c1cn(C(C)(C)C(=O)N(Cc2ccc(N(CC)CC)nc2)c2ccc(F)cc2)nn1. The number of pyridine rings is 1. The number of rotatable bonds is 10. The molecule has 2 heterocycles. The molecule has 1 aromatic carbocycles. The van der Waals surface area contributed by atoms with Crippen molar-refractivity contribution in [1.29, 1.82) is 0 Å². The second-order valence-electron chi connectivity index (χ2n) is 8.39. The van der Waals surface area contributed by atoms with E-state index in [0.717, 1.165) is 24.5 Å². The first-order valence-corrected chi connectivity index (χ1v) is 11.6. The standard InChI is InChI=1S/C25H31FN6O3/c1-6-30(7-2)22-14-9-18(15-27-22)16-31(20-12-10-19(26)11-13-20)24(34)25(4,5)32-17-21(28-29-32)23(33)35-8-3/h9-15,17H,6-8,16H2,1-5H3. The number of esters is 1. The van der Waals surface area contributed by atoms with E-state index in [1.54, 1.807) is 44.0 Å². The minimum atomic E-state index is -1.21. The highest BCUT2D eigenvalue weighted by Gasteiger charge is 2.36. The molecule has 3 aromatic rings. The van der Waals surface area contributed by atoms with E-state index in [0.29, 0.717) is 5.69 Å². The average molecular weight is 483 g/mol. The molecule has 0 aliphatic carbocycles. The quantitative estimate of drug-likeness (QED) is 0.406. The molecule has 0 bridgehead atoms. The molecule has 10 heteroatoms. The molecule has 0 fully saturated rings. The van der Waals surface area contributed by atoms with E-state index in [9.17, 15) is 14.0 Å². The van der Waals surface area contributed by atoms with Crippen molar-refractivity contribution in [3.63, 3.8) is 0 Å². The van der Waals surface area contributed by atoms with Crippen LogP contribution in [-0.2, 0) is 21.6 Å². The van der Waals surface area contributed by atoms with Crippen LogP contribution in [0.15, 0.2) is 48.8 Å². The summed E-state index contributed by atoms with van der Waals surface area (Å²) in [5, 5.41) is 7.86. The van der Waals surface area contributed by atoms with Gasteiger partial charge in [0.15, 0.2) is 5.69 Å². The van der Waals surface area contributed by atoms with Gasteiger partial charge in [-0.2, -0.15) is 0 Å². The van der Waals surface area contributed by atoms with Gasteiger partial charge in [-0.1, -0.05) is 11.3 Å². The third kappa shape index (κ3) is 5.82. The molecule has 186 valence electrons. The fraction of sp³-hybridized carbons (Fsp3) is 0.400. The first kappa shape index (κ1) is 25.8. The van der Waals surface area contributed by atoms with Crippen LogP contribution >= 0.6 is 0 Å². The summed E-state index contributed by atoms with van der Waals surface area (Å²) in [6.07, 6.45) is 3.12. The van der Waals surface area contributed by atoms with Gasteiger partial charge in [-0.15, -0.1) is 5.10 Å². The van der Waals surface area contributed by atoms with Crippen LogP contribution < -0.4 is 9.80 Å². The van der Waals surface area contributed by atoms with E-state index in [1.807, 2.05) is 12.1 Å². The lowest BCUT2D eigenvalue weighted by molar-refractivity contribution is -0.126. The molecule has 2 aromatic heterocycles. The van der Waals surface area contributed by atoms with Gasteiger partial charge < -0.3 is 14.5 Å². The molecular formula is C25H31FN6O3. The third-order valence-corrected chi connectivity index (χ3v) is 5.69. The second kappa shape index (κ2) is 11.1. The van der Waals surface area contributed by atoms with Crippen LogP contribution in [0.2, 0.25) is 0 Å². The Morgan fingerprint density at radius 3 is 2.31 bits per heavy atom. The topological polar surface area (TPSA) is 93.5 Å². The molecule has 0 unspecified atom stereocenters. The molecular weight excluding hydrogens is 451 g/mol. The van der Waals surface area contributed by atoms with Crippen LogP contribution in [0.4, 0.5) is 15.9 Å². The first-order valence-electron chi connectivity index (χ1n) is 11.6. The van der Waals surface area contributed by atoms with Gasteiger partial charge in [-0.05, 0) is 70.5 Å². The molecule has 0 aliphatic rings. The summed E-state index contributed by atoms with van der Waals surface area (Å²) in [5.74, 6) is -0.483. The van der Waals surface area contributed by atoms with Gasteiger partial charge in [-0.3, -0.25) is 4.79 Å². The van der Waals surface area contributed by atoms with Crippen LogP contribution in [0.25, 0.3) is 0 Å². The molecule has 0 aliphatic heterocycles. The van der Waals surface area contributed by atoms with Crippen LogP contribution in [0.1, 0.15) is 50.7 Å².